The maximum Gasteiger partial charge on any atom is 0.0949 e. The third-order valence-electron chi connectivity index (χ3n) is 9.27. The average Bonchev–Trinajstić information content (AvgIpc) is 3.06. The molecule has 0 bridgehead atoms. The lowest BCUT2D eigenvalue weighted by Gasteiger charge is -2.60. The van der Waals surface area contributed by atoms with Crippen LogP contribution in [0.25, 0.3) is 0 Å². The Morgan fingerprint density at radius 3 is 2.75 bits per heavy atom. The van der Waals surface area contributed by atoms with Gasteiger partial charge in [-0.15, -0.1) is 0 Å². The third-order valence-corrected chi connectivity index (χ3v) is 9.27. The summed E-state index contributed by atoms with van der Waals surface area (Å²) < 4.78 is 0. The van der Waals surface area contributed by atoms with Crippen molar-refractivity contribution < 1.29 is 5.11 Å². The van der Waals surface area contributed by atoms with Crippen LogP contribution in [0.1, 0.15) is 65.7 Å². The standard InChI is InChI=1S/C25H36N2O/c1-4-17-14-18-15-19(28)8-10-24(18,2)21-9-11-25(3)20(23(17)21)6-7-22(25)27-13-5-12-26-16-27/h5,7,12,14,16-17,19-21,23,28H,4,6,8-11,13,15H2,1-3H3/t17?,19-,20-,21-,23-,24-,25-/m0/s1. The monoisotopic (exact) mass is 380 g/mol. The van der Waals surface area contributed by atoms with E-state index in [4.69, 9.17) is 0 Å². The molecule has 0 amide bonds. The number of hydrogen-bond donors (Lipinski definition) is 1. The van der Waals surface area contributed by atoms with Gasteiger partial charge < -0.3 is 10.0 Å². The molecular weight excluding hydrogens is 344 g/mol. The van der Waals surface area contributed by atoms with Crippen LogP contribution in [0.5, 0.6) is 0 Å². The molecule has 28 heavy (non-hydrogen) atoms. The summed E-state index contributed by atoms with van der Waals surface area (Å²) in [7, 11) is 0. The number of hydrogen-bond acceptors (Lipinski definition) is 3. The zero-order chi connectivity index (χ0) is 19.5. The molecule has 152 valence electrons. The molecule has 7 atom stereocenters. The molecule has 2 saturated carbocycles. The van der Waals surface area contributed by atoms with E-state index in [0.717, 1.165) is 37.1 Å². The average molecular weight is 381 g/mol. The fraction of sp³-hybridized carbons (Fsp3) is 0.720. The minimum atomic E-state index is -0.117. The lowest BCUT2D eigenvalue weighted by atomic mass is 9.45. The molecule has 0 spiro atoms. The van der Waals surface area contributed by atoms with Crippen LogP contribution in [0.15, 0.2) is 40.7 Å². The first-order valence-corrected chi connectivity index (χ1v) is 11.5. The zero-order valence-electron chi connectivity index (χ0n) is 17.8. The summed E-state index contributed by atoms with van der Waals surface area (Å²) in [6.07, 6.45) is 19.3. The van der Waals surface area contributed by atoms with Gasteiger partial charge in [-0.3, -0.25) is 0 Å². The maximum absolute atomic E-state index is 10.3. The molecular formula is C25H36N2O. The summed E-state index contributed by atoms with van der Waals surface area (Å²) in [5, 5.41) is 10.3. The Labute approximate surface area is 170 Å². The van der Waals surface area contributed by atoms with Gasteiger partial charge in [0.15, 0.2) is 0 Å². The number of fused-ring (bicyclic) bond motifs is 5. The summed E-state index contributed by atoms with van der Waals surface area (Å²) >= 11 is 0. The first-order valence-electron chi connectivity index (χ1n) is 11.5. The second-order valence-electron chi connectivity index (χ2n) is 10.5. The van der Waals surface area contributed by atoms with E-state index >= 15 is 0 Å². The smallest absolute Gasteiger partial charge is 0.0949 e. The van der Waals surface area contributed by atoms with Crippen molar-refractivity contribution in [3.8, 4) is 0 Å². The van der Waals surface area contributed by atoms with Crippen LogP contribution in [0.3, 0.4) is 0 Å². The van der Waals surface area contributed by atoms with E-state index in [2.05, 4.69) is 48.9 Å². The van der Waals surface area contributed by atoms with Crippen LogP contribution in [-0.4, -0.2) is 29.0 Å². The van der Waals surface area contributed by atoms with Crippen LogP contribution >= 0.6 is 0 Å². The Morgan fingerprint density at radius 1 is 1.18 bits per heavy atom. The summed E-state index contributed by atoms with van der Waals surface area (Å²) in [5.74, 6) is 2.97. The van der Waals surface area contributed by atoms with Crippen LogP contribution in [0.4, 0.5) is 0 Å². The van der Waals surface area contributed by atoms with Crippen molar-refractivity contribution in [3.05, 3.63) is 35.7 Å². The summed E-state index contributed by atoms with van der Waals surface area (Å²) in [6.45, 7) is 8.40. The minimum Gasteiger partial charge on any atom is -0.393 e. The molecule has 0 aromatic heterocycles. The van der Waals surface area contributed by atoms with Crippen molar-refractivity contribution in [2.75, 3.05) is 6.54 Å². The molecule has 1 unspecified atom stereocenters. The molecule has 3 nitrogen and oxygen atoms in total. The Hall–Kier alpha value is -1.35. The number of aliphatic imine (C=N–C) groups is 1. The lowest BCUT2D eigenvalue weighted by molar-refractivity contribution is -0.0553. The van der Waals surface area contributed by atoms with E-state index in [9.17, 15) is 5.11 Å². The zero-order valence-corrected chi connectivity index (χ0v) is 17.8. The molecule has 2 fully saturated rings. The molecule has 0 saturated heterocycles. The Balaban J connectivity index is 1.50. The van der Waals surface area contributed by atoms with Gasteiger partial charge in [-0.1, -0.05) is 38.5 Å². The van der Waals surface area contributed by atoms with E-state index in [1.54, 1.807) is 5.57 Å². The molecule has 0 aromatic rings. The van der Waals surface area contributed by atoms with E-state index in [-0.39, 0.29) is 11.5 Å². The van der Waals surface area contributed by atoms with Gasteiger partial charge in [-0.2, -0.15) is 0 Å². The highest BCUT2D eigenvalue weighted by molar-refractivity contribution is 5.61. The predicted molar refractivity (Wildman–Crippen MR) is 115 cm³/mol. The predicted octanol–water partition coefficient (Wildman–Crippen LogP) is 5.30. The van der Waals surface area contributed by atoms with E-state index in [0.29, 0.717) is 11.3 Å². The summed E-state index contributed by atoms with van der Waals surface area (Å²) in [6, 6.07) is 0. The van der Waals surface area contributed by atoms with Crippen LogP contribution in [0, 0.1) is 34.5 Å². The first kappa shape index (κ1) is 18.7. The third kappa shape index (κ3) is 2.54. The second kappa shape index (κ2) is 6.58. The normalized spacial score (nSPS) is 47.1. The Kier molecular flexibility index (Phi) is 4.39. The topological polar surface area (TPSA) is 35.8 Å². The molecule has 5 rings (SSSR count). The lowest BCUT2D eigenvalue weighted by Crippen LogP contribution is -2.53. The fourth-order valence-electron chi connectivity index (χ4n) is 7.74. The number of aliphatic hydroxyl groups is 1. The largest absolute Gasteiger partial charge is 0.393 e. The number of aliphatic hydroxyl groups excluding tert-OH is 1. The second-order valence-corrected chi connectivity index (χ2v) is 10.5. The highest BCUT2D eigenvalue weighted by Crippen LogP contribution is 2.66. The molecule has 1 N–H and O–H groups in total. The highest BCUT2D eigenvalue weighted by Gasteiger charge is 2.59. The van der Waals surface area contributed by atoms with Crippen molar-refractivity contribution in [1.82, 2.24) is 4.90 Å². The Morgan fingerprint density at radius 2 is 2.00 bits per heavy atom. The molecule has 5 aliphatic rings. The van der Waals surface area contributed by atoms with E-state index in [1.807, 2.05) is 12.5 Å². The molecule has 0 radical (unpaired) electrons. The molecule has 0 aromatic carbocycles. The van der Waals surface area contributed by atoms with Gasteiger partial charge in [0.1, 0.15) is 0 Å². The van der Waals surface area contributed by atoms with Gasteiger partial charge in [0.25, 0.3) is 0 Å². The SMILES string of the molecule is CCC1C=C2C[C@@H](O)CC[C@]2(C)[C@H]2CC[C@]3(C)C(N4C=NC=CC4)=CC[C@H]3[C@H]12. The molecule has 4 aliphatic carbocycles. The Bertz CT molecular complexity index is 765. The van der Waals surface area contributed by atoms with Crippen molar-refractivity contribution in [3.63, 3.8) is 0 Å². The first-order chi connectivity index (χ1) is 13.5. The van der Waals surface area contributed by atoms with E-state index in [1.165, 1.54) is 37.8 Å². The summed E-state index contributed by atoms with van der Waals surface area (Å²) in [4.78, 5) is 6.80. The van der Waals surface area contributed by atoms with Crippen molar-refractivity contribution in [1.29, 1.82) is 0 Å². The molecule has 3 heteroatoms. The minimum absolute atomic E-state index is 0.117. The van der Waals surface area contributed by atoms with Crippen LogP contribution < -0.4 is 0 Å². The van der Waals surface area contributed by atoms with Gasteiger partial charge in [0.2, 0.25) is 0 Å². The summed E-state index contributed by atoms with van der Waals surface area (Å²) in [5.41, 5.74) is 3.71. The van der Waals surface area contributed by atoms with Gasteiger partial charge in [-0.05, 0) is 80.1 Å². The van der Waals surface area contributed by atoms with Gasteiger partial charge in [-0.25, -0.2) is 4.99 Å². The number of nitrogens with zero attached hydrogens (tertiary/aromatic N) is 2. The fourth-order valence-corrected chi connectivity index (χ4v) is 7.74. The quantitative estimate of drug-likeness (QED) is 0.660. The maximum atomic E-state index is 10.3. The van der Waals surface area contributed by atoms with Crippen LogP contribution in [0.2, 0.25) is 0 Å². The van der Waals surface area contributed by atoms with Gasteiger partial charge in [0.05, 0.1) is 12.4 Å². The molecule has 1 aliphatic heterocycles. The highest BCUT2D eigenvalue weighted by atomic mass is 16.3. The van der Waals surface area contributed by atoms with Gasteiger partial charge in [0, 0.05) is 23.9 Å². The number of rotatable bonds is 2. The van der Waals surface area contributed by atoms with Crippen LogP contribution in [-0.2, 0) is 0 Å². The number of allylic oxidation sites excluding steroid dienone is 3. The van der Waals surface area contributed by atoms with Crippen molar-refractivity contribution in [2.24, 2.45) is 39.5 Å². The molecule has 1 heterocycles. The van der Waals surface area contributed by atoms with Gasteiger partial charge >= 0.3 is 0 Å². The van der Waals surface area contributed by atoms with Crippen molar-refractivity contribution >= 4 is 6.34 Å². The van der Waals surface area contributed by atoms with E-state index < -0.39 is 0 Å². The van der Waals surface area contributed by atoms with Crippen molar-refractivity contribution in [2.45, 2.75) is 71.8 Å².